The SMILES string of the molecule is OB(O)c1c2ccccc2c(-c2ccc(-c3ccc4c(c3)C3(c5c-4ccc4ccccc54)C4CC5CC(C4)CC3C5)cc2)c2ccccc12. The number of fused-ring (bicyclic) bond motifs is 7. The van der Waals surface area contributed by atoms with Gasteiger partial charge in [-0.25, -0.2) is 0 Å². The quantitative estimate of drug-likeness (QED) is 0.150. The van der Waals surface area contributed by atoms with Crippen molar-refractivity contribution in [1.82, 2.24) is 0 Å². The van der Waals surface area contributed by atoms with Crippen LogP contribution in [-0.4, -0.2) is 17.2 Å². The number of hydrogen-bond acceptors (Lipinski definition) is 2. The summed E-state index contributed by atoms with van der Waals surface area (Å²) >= 11 is 0. The molecule has 0 heterocycles. The van der Waals surface area contributed by atoms with Crippen LogP contribution in [0, 0.1) is 23.7 Å². The molecule has 7 aromatic carbocycles. The molecule has 0 unspecified atom stereocenters. The fourth-order valence-electron chi connectivity index (χ4n) is 11.7. The van der Waals surface area contributed by atoms with E-state index in [1.807, 2.05) is 36.4 Å². The number of rotatable bonds is 3. The zero-order valence-electron chi connectivity index (χ0n) is 27.4. The Balaban J connectivity index is 1.08. The second-order valence-corrected chi connectivity index (χ2v) is 15.5. The minimum Gasteiger partial charge on any atom is -0.423 e. The maximum Gasteiger partial charge on any atom is 0.489 e. The van der Waals surface area contributed by atoms with Gasteiger partial charge in [0.25, 0.3) is 0 Å². The summed E-state index contributed by atoms with van der Waals surface area (Å²) in [6, 6.07) is 46.6. The Morgan fingerprint density at radius 3 is 1.65 bits per heavy atom. The minimum absolute atomic E-state index is 0.103. The second kappa shape index (κ2) is 10.2. The molecule has 0 amide bonds. The van der Waals surface area contributed by atoms with Crippen LogP contribution >= 0.6 is 0 Å². The fourth-order valence-corrected chi connectivity index (χ4v) is 11.7. The molecule has 0 aromatic heterocycles. The van der Waals surface area contributed by atoms with Gasteiger partial charge in [-0.05, 0) is 144 Å². The summed E-state index contributed by atoms with van der Waals surface area (Å²) < 4.78 is 0. The van der Waals surface area contributed by atoms with Crippen molar-refractivity contribution in [3.8, 4) is 33.4 Å². The Bertz CT molecular complexity index is 2410. The summed E-state index contributed by atoms with van der Waals surface area (Å²) in [4.78, 5) is 0. The maximum absolute atomic E-state index is 10.4. The van der Waals surface area contributed by atoms with E-state index in [2.05, 4.69) is 91.0 Å². The van der Waals surface area contributed by atoms with Gasteiger partial charge in [0, 0.05) is 5.41 Å². The molecule has 0 aliphatic heterocycles. The average Bonchev–Trinajstić information content (AvgIpc) is 3.43. The topological polar surface area (TPSA) is 40.5 Å². The van der Waals surface area contributed by atoms with Crippen LogP contribution in [0.2, 0.25) is 0 Å². The molecule has 4 bridgehead atoms. The van der Waals surface area contributed by atoms with E-state index in [0.29, 0.717) is 17.3 Å². The Labute approximate surface area is 287 Å². The van der Waals surface area contributed by atoms with E-state index in [-0.39, 0.29) is 5.41 Å². The van der Waals surface area contributed by atoms with Crippen molar-refractivity contribution < 1.29 is 10.0 Å². The summed E-state index contributed by atoms with van der Waals surface area (Å²) in [5.41, 5.74) is 11.6. The van der Waals surface area contributed by atoms with Crippen molar-refractivity contribution in [3.05, 3.63) is 139 Å². The summed E-state index contributed by atoms with van der Waals surface area (Å²) in [5, 5.41) is 27.5. The van der Waals surface area contributed by atoms with Gasteiger partial charge in [-0.15, -0.1) is 0 Å². The van der Waals surface area contributed by atoms with Crippen LogP contribution in [-0.2, 0) is 5.41 Å². The second-order valence-electron chi connectivity index (χ2n) is 15.5. The molecule has 236 valence electrons. The van der Waals surface area contributed by atoms with E-state index in [9.17, 15) is 10.0 Å². The minimum atomic E-state index is -1.55. The van der Waals surface area contributed by atoms with Gasteiger partial charge in [0.15, 0.2) is 0 Å². The summed E-state index contributed by atoms with van der Waals surface area (Å²) in [6.07, 6.45) is 6.97. The lowest BCUT2D eigenvalue weighted by atomic mass is 9.43. The van der Waals surface area contributed by atoms with Gasteiger partial charge >= 0.3 is 7.12 Å². The molecule has 4 fully saturated rings. The van der Waals surface area contributed by atoms with Crippen LogP contribution in [0.1, 0.15) is 43.2 Å². The molecule has 0 saturated heterocycles. The molecule has 4 saturated carbocycles. The normalized spacial score (nSPS) is 24.6. The Hall–Kier alpha value is -4.70. The highest BCUT2D eigenvalue weighted by atomic mass is 16.4. The van der Waals surface area contributed by atoms with E-state index in [1.54, 1.807) is 11.1 Å². The van der Waals surface area contributed by atoms with Crippen LogP contribution in [0.5, 0.6) is 0 Å². The van der Waals surface area contributed by atoms with Gasteiger partial charge in [0.05, 0.1) is 0 Å². The molecule has 0 radical (unpaired) electrons. The van der Waals surface area contributed by atoms with Crippen molar-refractivity contribution in [1.29, 1.82) is 0 Å². The molecule has 5 aliphatic rings. The highest BCUT2D eigenvalue weighted by Gasteiger charge is 2.62. The maximum atomic E-state index is 10.4. The van der Waals surface area contributed by atoms with Gasteiger partial charge in [0.1, 0.15) is 0 Å². The molecule has 2 N–H and O–H groups in total. The van der Waals surface area contributed by atoms with Crippen LogP contribution in [0.25, 0.3) is 65.7 Å². The van der Waals surface area contributed by atoms with E-state index < -0.39 is 7.12 Å². The molecule has 12 rings (SSSR count). The smallest absolute Gasteiger partial charge is 0.423 e. The van der Waals surface area contributed by atoms with Gasteiger partial charge in [-0.3, -0.25) is 0 Å². The van der Waals surface area contributed by atoms with Crippen LogP contribution in [0.4, 0.5) is 0 Å². The predicted octanol–water partition coefficient (Wildman–Crippen LogP) is 9.88. The van der Waals surface area contributed by atoms with Crippen LogP contribution in [0.15, 0.2) is 127 Å². The molecule has 3 heteroatoms. The van der Waals surface area contributed by atoms with Gasteiger partial charge < -0.3 is 10.0 Å². The lowest BCUT2D eigenvalue weighted by Gasteiger charge is -2.61. The summed E-state index contributed by atoms with van der Waals surface area (Å²) in [5.74, 6) is 3.25. The van der Waals surface area contributed by atoms with Crippen molar-refractivity contribution in [3.63, 3.8) is 0 Å². The lowest BCUT2D eigenvalue weighted by Crippen LogP contribution is -2.55. The van der Waals surface area contributed by atoms with E-state index in [1.165, 1.54) is 65.1 Å². The van der Waals surface area contributed by atoms with Crippen LogP contribution in [0.3, 0.4) is 0 Å². The van der Waals surface area contributed by atoms with Gasteiger partial charge in [-0.1, -0.05) is 121 Å². The van der Waals surface area contributed by atoms with Crippen molar-refractivity contribution in [2.75, 3.05) is 0 Å². The van der Waals surface area contributed by atoms with Crippen LogP contribution < -0.4 is 5.46 Å². The van der Waals surface area contributed by atoms with Crippen molar-refractivity contribution >= 4 is 44.9 Å². The van der Waals surface area contributed by atoms with Crippen molar-refractivity contribution in [2.24, 2.45) is 23.7 Å². The first kappa shape index (κ1) is 28.2. The largest absolute Gasteiger partial charge is 0.489 e. The third-order valence-electron chi connectivity index (χ3n) is 13.3. The monoisotopic (exact) mass is 632 g/mol. The third kappa shape index (κ3) is 3.75. The molecule has 5 aliphatic carbocycles. The summed E-state index contributed by atoms with van der Waals surface area (Å²) in [7, 11) is -1.55. The van der Waals surface area contributed by atoms with E-state index in [0.717, 1.165) is 44.5 Å². The molecule has 2 nitrogen and oxygen atoms in total. The number of hydrogen-bond donors (Lipinski definition) is 2. The van der Waals surface area contributed by atoms with E-state index in [4.69, 9.17) is 0 Å². The Morgan fingerprint density at radius 1 is 0.490 bits per heavy atom. The zero-order valence-corrected chi connectivity index (χ0v) is 27.4. The molecular formula is C46H37BO2. The molecule has 0 atom stereocenters. The zero-order chi connectivity index (χ0) is 32.4. The average molecular weight is 633 g/mol. The lowest BCUT2D eigenvalue weighted by molar-refractivity contribution is -0.0393. The fraction of sp³-hybridized carbons (Fsp3) is 0.217. The Kier molecular flexibility index (Phi) is 5.85. The standard InChI is InChI=1S/C46H37BO2/c48-47(49)45-40-11-5-3-9-37(40)43(38-10-4-6-12-41(38)45)31-15-13-29(14-16-31)32-18-19-36-39-20-17-30-7-1-2-8-35(30)44(39)46(42(36)26-32)33-22-27-21-28(24-33)25-34(46)23-27/h1-20,26-28,33-34,48-49H,21-25H2. The highest BCUT2D eigenvalue weighted by Crippen LogP contribution is 2.70. The predicted molar refractivity (Wildman–Crippen MR) is 203 cm³/mol. The molecule has 1 spiro atoms. The molecular weight excluding hydrogens is 595 g/mol. The first-order chi connectivity index (χ1) is 24.1. The first-order valence-electron chi connectivity index (χ1n) is 18.2. The van der Waals surface area contributed by atoms with Gasteiger partial charge in [0.2, 0.25) is 0 Å². The van der Waals surface area contributed by atoms with Gasteiger partial charge in [-0.2, -0.15) is 0 Å². The van der Waals surface area contributed by atoms with Crippen molar-refractivity contribution in [2.45, 2.75) is 37.5 Å². The highest BCUT2D eigenvalue weighted by molar-refractivity contribution is 6.66. The summed E-state index contributed by atoms with van der Waals surface area (Å²) in [6.45, 7) is 0. The molecule has 49 heavy (non-hydrogen) atoms. The number of benzene rings is 7. The first-order valence-corrected chi connectivity index (χ1v) is 18.2. The Morgan fingerprint density at radius 2 is 1.02 bits per heavy atom. The third-order valence-corrected chi connectivity index (χ3v) is 13.3. The van der Waals surface area contributed by atoms with E-state index >= 15 is 0 Å². The molecule has 7 aromatic rings.